The van der Waals surface area contributed by atoms with Crippen LogP contribution in [0.1, 0.15) is 27.7 Å². The smallest absolute Gasteiger partial charge is 0.213 e. The zero-order chi connectivity index (χ0) is 23.5. The fourth-order valence-corrected chi connectivity index (χ4v) is 5.11. The van der Waals surface area contributed by atoms with Crippen LogP contribution in [0.15, 0.2) is 97.1 Å². The Morgan fingerprint density at radius 1 is 0.588 bits per heavy atom. The minimum absolute atomic E-state index is 0.197. The third-order valence-electron chi connectivity index (χ3n) is 7.60. The zero-order valence-corrected chi connectivity index (χ0v) is 20.0. The maximum Gasteiger partial charge on any atom is 0.213 e. The van der Waals surface area contributed by atoms with Crippen LogP contribution in [0.2, 0.25) is 0 Å². The van der Waals surface area contributed by atoms with E-state index in [1.165, 1.54) is 11.1 Å². The molecule has 1 aliphatic heterocycles. The molecule has 0 saturated heterocycles. The van der Waals surface area contributed by atoms with Crippen LogP contribution < -0.4 is 4.90 Å². The Bertz CT molecular complexity index is 1500. The SMILES string of the molecule is CC1(C)N(c2cccc(-c3ccccc3)c2)c2nc3nc(-c4ccccc4)ccc3n2C1(C)C. The molecule has 0 spiro atoms. The molecule has 6 rings (SSSR count). The van der Waals surface area contributed by atoms with Crippen molar-refractivity contribution >= 4 is 22.8 Å². The minimum Gasteiger partial charge on any atom is -0.304 e. The lowest BCUT2D eigenvalue weighted by Gasteiger charge is -2.41. The van der Waals surface area contributed by atoms with Gasteiger partial charge in [-0.1, -0.05) is 72.8 Å². The molecule has 4 heteroatoms. The topological polar surface area (TPSA) is 34.0 Å². The number of rotatable bonds is 3. The Morgan fingerprint density at radius 3 is 1.94 bits per heavy atom. The predicted octanol–water partition coefficient (Wildman–Crippen LogP) is 7.43. The van der Waals surface area contributed by atoms with Gasteiger partial charge in [-0.05, 0) is 63.1 Å². The number of pyridine rings is 1. The molecule has 0 aliphatic carbocycles. The quantitative estimate of drug-likeness (QED) is 0.290. The third kappa shape index (κ3) is 2.91. The van der Waals surface area contributed by atoms with Crippen LogP contribution in [0.3, 0.4) is 0 Å². The molecule has 34 heavy (non-hydrogen) atoms. The van der Waals surface area contributed by atoms with Crippen molar-refractivity contribution in [1.29, 1.82) is 0 Å². The van der Waals surface area contributed by atoms with Gasteiger partial charge in [-0.2, -0.15) is 4.98 Å². The number of benzene rings is 3. The molecule has 0 saturated carbocycles. The highest BCUT2D eigenvalue weighted by Gasteiger charge is 2.53. The summed E-state index contributed by atoms with van der Waals surface area (Å²) < 4.78 is 2.36. The van der Waals surface area contributed by atoms with E-state index in [0.29, 0.717) is 0 Å². The molecule has 0 atom stereocenters. The number of anilines is 2. The summed E-state index contributed by atoms with van der Waals surface area (Å²) in [6, 6.07) is 33.9. The molecule has 0 fully saturated rings. The van der Waals surface area contributed by atoms with E-state index in [1.807, 2.05) is 18.2 Å². The molecule has 5 aromatic rings. The Morgan fingerprint density at radius 2 is 1.24 bits per heavy atom. The van der Waals surface area contributed by atoms with E-state index in [2.05, 4.69) is 116 Å². The van der Waals surface area contributed by atoms with Gasteiger partial charge in [0, 0.05) is 11.3 Å². The van der Waals surface area contributed by atoms with Crippen LogP contribution in [0, 0.1) is 0 Å². The molecule has 0 amide bonds. The first-order valence-electron chi connectivity index (χ1n) is 11.8. The van der Waals surface area contributed by atoms with Crippen LogP contribution >= 0.6 is 0 Å². The van der Waals surface area contributed by atoms with Crippen LogP contribution in [-0.4, -0.2) is 20.1 Å². The van der Waals surface area contributed by atoms with Crippen molar-refractivity contribution in [2.24, 2.45) is 0 Å². The Kier molecular flexibility index (Phi) is 4.43. The van der Waals surface area contributed by atoms with Crippen molar-refractivity contribution in [3.05, 3.63) is 97.1 Å². The van der Waals surface area contributed by atoms with Crippen molar-refractivity contribution in [3.8, 4) is 22.4 Å². The normalized spacial score (nSPS) is 16.1. The summed E-state index contributed by atoms with van der Waals surface area (Å²) in [7, 11) is 0. The highest BCUT2D eigenvalue weighted by atomic mass is 15.4. The summed E-state index contributed by atoms with van der Waals surface area (Å²) in [4.78, 5) is 12.4. The maximum absolute atomic E-state index is 5.11. The van der Waals surface area contributed by atoms with Gasteiger partial charge >= 0.3 is 0 Å². The average molecular weight is 445 g/mol. The molecule has 3 aromatic carbocycles. The van der Waals surface area contributed by atoms with Crippen LogP contribution in [-0.2, 0) is 5.54 Å². The van der Waals surface area contributed by atoms with E-state index in [4.69, 9.17) is 9.97 Å². The van der Waals surface area contributed by atoms with Crippen molar-refractivity contribution in [1.82, 2.24) is 14.5 Å². The number of imidazole rings is 1. The number of aromatic nitrogens is 3. The maximum atomic E-state index is 5.11. The summed E-state index contributed by atoms with van der Waals surface area (Å²) in [5.41, 5.74) is 7.04. The van der Waals surface area contributed by atoms with E-state index in [1.54, 1.807) is 0 Å². The van der Waals surface area contributed by atoms with Gasteiger partial charge in [-0.25, -0.2) is 4.98 Å². The van der Waals surface area contributed by atoms with Crippen molar-refractivity contribution in [3.63, 3.8) is 0 Å². The second-order valence-electron chi connectivity index (χ2n) is 10.0. The fraction of sp³-hybridized carbons (Fsp3) is 0.200. The molecule has 0 unspecified atom stereocenters. The second kappa shape index (κ2) is 7.29. The molecule has 2 aromatic heterocycles. The summed E-state index contributed by atoms with van der Waals surface area (Å²) in [5, 5.41) is 0. The largest absolute Gasteiger partial charge is 0.304 e. The minimum atomic E-state index is -0.199. The summed E-state index contributed by atoms with van der Waals surface area (Å²) in [6.07, 6.45) is 0. The number of nitrogens with zero attached hydrogens (tertiary/aromatic N) is 4. The lowest BCUT2D eigenvalue weighted by atomic mass is 9.82. The lowest BCUT2D eigenvalue weighted by molar-refractivity contribution is 0.253. The van der Waals surface area contributed by atoms with Gasteiger partial charge in [-0.15, -0.1) is 0 Å². The van der Waals surface area contributed by atoms with E-state index in [0.717, 1.165) is 34.1 Å². The van der Waals surface area contributed by atoms with Crippen LogP contribution in [0.25, 0.3) is 33.5 Å². The van der Waals surface area contributed by atoms with Crippen molar-refractivity contribution in [2.45, 2.75) is 38.8 Å². The Hall–Kier alpha value is -3.92. The molecule has 0 radical (unpaired) electrons. The van der Waals surface area contributed by atoms with E-state index < -0.39 is 0 Å². The van der Waals surface area contributed by atoms with Crippen molar-refractivity contribution in [2.75, 3.05) is 4.90 Å². The molecule has 4 nitrogen and oxygen atoms in total. The Labute approximate surface area is 200 Å². The monoisotopic (exact) mass is 444 g/mol. The van der Waals surface area contributed by atoms with Gasteiger partial charge < -0.3 is 9.47 Å². The van der Waals surface area contributed by atoms with E-state index in [9.17, 15) is 0 Å². The highest BCUT2D eigenvalue weighted by molar-refractivity contribution is 5.83. The lowest BCUT2D eigenvalue weighted by Crippen LogP contribution is -2.50. The summed E-state index contributed by atoms with van der Waals surface area (Å²) >= 11 is 0. The predicted molar refractivity (Wildman–Crippen MR) is 140 cm³/mol. The molecule has 168 valence electrons. The first kappa shape index (κ1) is 20.7. The summed E-state index contributed by atoms with van der Waals surface area (Å²) in [6.45, 7) is 9.19. The third-order valence-corrected chi connectivity index (χ3v) is 7.60. The molecule has 0 N–H and O–H groups in total. The molecular weight excluding hydrogens is 416 g/mol. The summed E-state index contributed by atoms with van der Waals surface area (Å²) in [5.74, 6) is 0.938. The zero-order valence-electron chi connectivity index (χ0n) is 20.0. The highest BCUT2D eigenvalue weighted by Crippen LogP contribution is 2.51. The number of fused-ring (bicyclic) bond motifs is 3. The van der Waals surface area contributed by atoms with Gasteiger partial charge in [0.1, 0.15) is 0 Å². The van der Waals surface area contributed by atoms with Crippen molar-refractivity contribution < 1.29 is 0 Å². The molecule has 3 heterocycles. The first-order chi connectivity index (χ1) is 16.4. The van der Waals surface area contributed by atoms with Gasteiger partial charge in [0.2, 0.25) is 5.95 Å². The fourth-order valence-electron chi connectivity index (χ4n) is 5.11. The number of hydrogen-bond donors (Lipinski definition) is 0. The average Bonchev–Trinajstić information content (AvgIpc) is 3.30. The van der Waals surface area contributed by atoms with Gasteiger partial charge in [0.25, 0.3) is 0 Å². The van der Waals surface area contributed by atoms with Gasteiger partial charge in [0.15, 0.2) is 5.65 Å². The van der Waals surface area contributed by atoms with E-state index in [-0.39, 0.29) is 11.1 Å². The molecule has 1 aliphatic rings. The van der Waals surface area contributed by atoms with E-state index >= 15 is 0 Å². The molecular formula is C30H28N4. The van der Waals surface area contributed by atoms with Crippen LogP contribution in [0.5, 0.6) is 0 Å². The Balaban J connectivity index is 1.53. The second-order valence-corrected chi connectivity index (χ2v) is 10.0. The van der Waals surface area contributed by atoms with Gasteiger partial charge in [0.05, 0.1) is 22.3 Å². The molecule has 0 bridgehead atoms. The van der Waals surface area contributed by atoms with Crippen LogP contribution in [0.4, 0.5) is 11.6 Å². The first-order valence-corrected chi connectivity index (χ1v) is 11.8. The standard InChI is InChI=1S/C30H28N4/c1-29(2)30(3,4)34-26-19-18-25(22-14-9-6-10-15-22)31-27(26)32-28(34)33(29)24-17-11-16-23(20-24)21-12-7-5-8-13-21/h5-20H,1-4H3. The van der Waals surface area contributed by atoms with Gasteiger partial charge in [-0.3, -0.25) is 0 Å². The number of hydrogen-bond acceptors (Lipinski definition) is 3.